The molecule has 0 aromatic carbocycles. The maximum Gasteiger partial charge on any atom is 0.330 e. The second-order valence-corrected chi connectivity index (χ2v) is 5.21. The molecule has 1 heterocycles. The van der Waals surface area contributed by atoms with E-state index in [0.29, 0.717) is 25.1 Å². The van der Waals surface area contributed by atoms with Gasteiger partial charge in [0, 0.05) is 25.2 Å². The Hall–Kier alpha value is -1.56. The van der Waals surface area contributed by atoms with Gasteiger partial charge in [-0.05, 0) is 39.3 Å². The molecule has 3 N–H and O–H groups in total. The van der Waals surface area contributed by atoms with E-state index in [-0.39, 0.29) is 0 Å². The molecule has 0 aromatic rings. The molecule has 1 fully saturated rings. The molecule has 0 aromatic heterocycles. The first-order valence-corrected chi connectivity index (χ1v) is 7.17. The van der Waals surface area contributed by atoms with Gasteiger partial charge in [-0.15, -0.1) is 0 Å². The molecule has 1 aliphatic heterocycles. The zero-order valence-corrected chi connectivity index (χ0v) is 12.2. The highest BCUT2D eigenvalue weighted by molar-refractivity contribution is 5.85. The fourth-order valence-corrected chi connectivity index (χ4v) is 2.30. The van der Waals surface area contributed by atoms with Crippen molar-refractivity contribution in [3.8, 4) is 0 Å². The summed E-state index contributed by atoms with van der Waals surface area (Å²) in [5.41, 5.74) is 5.66. The molecule has 1 aliphatic rings. The van der Waals surface area contributed by atoms with Gasteiger partial charge >= 0.3 is 12.0 Å². The van der Waals surface area contributed by atoms with Gasteiger partial charge in [-0.25, -0.2) is 9.59 Å². The van der Waals surface area contributed by atoms with Crippen molar-refractivity contribution in [1.29, 1.82) is 0 Å². The van der Waals surface area contributed by atoms with Crippen LogP contribution in [-0.2, 0) is 4.79 Å². The molecule has 20 heavy (non-hydrogen) atoms. The number of piperidine rings is 1. The number of likely N-dealkylation sites (tertiary alicyclic amines) is 1. The van der Waals surface area contributed by atoms with Gasteiger partial charge < -0.3 is 20.6 Å². The van der Waals surface area contributed by atoms with E-state index in [4.69, 9.17) is 10.8 Å². The van der Waals surface area contributed by atoms with Crippen LogP contribution in [0.2, 0.25) is 0 Å². The molecule has 6 nitrogen and oxygen atoms in total. The second kappa shape index (κ2) is 8.58. The Morgan fingerprint density at radius 3 is 2.45 bits per heavy atom. The number of primary amides is 1. The Morgan fingerprint density at radius 1 is 1.25 bits per heavy atom. The summed E-state index contributed by atoms with van der Waals surface area (Å²) in [5, 5.41) is 8.75. The first-order chi connectivity index (χ1) is 9.50. The number of nitrogens with zero attached hydrogens (tertiary/aromatic N) is 2. The molecule has 0 saturated carbocycles. The fourth-order valence-electron chi connectivity index (χ4n) is 2.30. The van der Waals surface area contributed by atoms with Crippen LogP contribution < -0.4 is 5.73 Å². The number of rotatable bonds is 7. The van der Waals surface area contributed by atoms with Crippen LogP contribution in [0.4, 0.5) is 4.79 Å². The Kier molecular flexibility index (Phi) is 7.08. The Balaban J connectivity index is 2.34. The van der Waals surface area contributed by atoms with Crippen LogP contribution in [0.3, 0.4) is 0 Å². The standard InChI is InChI=1S/C14H25N3O3/c1-12(13(18)19)6-5-9-17(14(15)20)11-10-16-7-3-2-4-8-16/h6H,2-5,7-11H2,1H3,(H2,15,20)(H,18,19). The fraction of sp³-hybridized carbons (Fsp3) is 0.714. The zero-order valence-electron chi connectivity index (χ0n) is 12.2. The summed E-state index contributed by atoms with van der Waals surface area (Å²) in [6, 6.07) is -0.441. The molecule has 0 aliphatic carbocycles. The van der Waals surface area contributed by atoms with Crippen LogP contribution in [0.15, 0.2) is 11.6 Å². The van der Waals surface area contributed by atoms with Gasteiger partial charge in [0.05, 0.1) is 0 Å². The van der Waals surface area contributed by atoms with Crippen molar-refractivity contribution in [2.75, 3.05) is 32.7 Å². The van der Waals surface area contributed by atoms with Crippen LogP contribution in [0.5, 0.6) is 0 Å². The van der Waals surface area contributed by atoms with Gasteiger partial charge in [-0.3, -0.25) is 0 Å². The lowest BCUT2D eigenvalue weighted by molar-refractivity contribution is -0.132. The predicted octanol–water partition coefficient (Wildman–Crippen LogP) is 1.27. The Labute approximate surface area is 120 Å². The highest BCUT2D eigenvalue weighted by Gasteiger charge is 2.14. The SMILES string of the molecule is CC(=CCCN(CCN1CCCCC1)C(N)=O)C(=O)O. The Morgan fingerprint density at radius 2 is 1.90 bits per heavy atom. The molecular weight excluding hydrogens is 258 g/mol. The molecule has 114 valence electrons. The molecule has 0 atom stereocenters. The first kappa shape index (κ1) is 16.5. The van der Waals surface area contributed by atoms with E-state index in [1.807, 2.05) is 0 Å². The maximum atomic E-state index is 11.4. The van der Waals surface area contributed by atoms with Gasteiger partial charge in [-0.2, -0.15) is 0 Å². The molecule has 0 radical (unpaired) electrons. The lowest BCUT2D eigenvalue weighted by Gasteiger charge is -2.29. The summed E-state index contributed by atoms with van der Waals surface area (Å²) in [5.74, 6) is -0.927. The third-order valence-corrected chi connectivity index (χ3v) is 3.63. The molecule has 2 amide bonds. The van der Waals surface area contributed by atoms with Crippen LogP contribution in [0.25, 0.3) is 0 Å². The number of nitrogens with two attached hydrogens (primary N) is 1. The van der Waals surface area contributed by atoms with E-state index < -0.39 is 12.0 Å². The summed E-state index contributed by atoms with van der Waals surface area (Å²) in [6.45, 7) is 5.63. The van der Waals surface area contributed by atoms with Crippen LogP contribution >= 0.6 is 0 Å². The summed E-state index contributed by atoms with van der Waals surface area (Å²) < 4.78 is 0. The largest absolute Gasteiger partial charge is 0.478 e. The number of aliphatic carboxylic acids is 1. The topological polar surface area (TPSA) is 86.9 Å². The summed E-state index contributed by atoms with van der Waals surface area (Å²) in [7, 11) is 0. The highest BCUT2D eigenvalue weighted by Crippen LogP contribution is 2.08. The number of urea groups is 1. The van der Waals surface area contributed by atoms with Crippen molar-refractivity contribution in [2.45, 2.75) is 32.6 Å². The lowest BCUT2D eigenvalue weighted by Crippen LogP contribution is -2.43. The highest BCUT2D eigenvalue weighted by atomic mass is 16.4. The van der Waals surface area contributed by atoms with Gasteiger partial charge in [0.15, 0.2) is 0 Å². The molecular formula is C14H25N3O3. The maximum absolute atomic E-state index is 11.4. The van der Waals surface area contributed by atoms with Crippen LogP contribution in [0, 0.1) is 0 Å². The van der Waals surface area contributed by atoms with Crippen LogP contribution in [-0.4, -0.2) is 59.6 Å². The minimum atomic E-state index is -0.927. The first-order valence-electron chi connectivity index (χ1n) is 7.17. The number of carboxylic acids is 1. The van der Waals surface area contributed by atoms with Gasteiger partial charge in [0.1, 0.15) is 0 Å². The van der Waals surface area contributed by atoms with E-state index in [1.165, 1.54) is 19.3 Å². The minimum Gasteiger partial charge on any atom is -0.478 e. The van der Waals surface area contributed by atoms with Gasteiger partial charge in [0.2, 0.25) is 0 Å². The van der Waals surface area contributed by atoms with Crippen molar-refractivity contribution in [2.24, 2.45) is 5.73 Å². The molecule has 1 saturated heterocycles. The van der Waals surface area contributed by atoms with Crippen molar-refractivity contribution in [3.05, 3.63) is 11.6 Å². The second-order valence-electron chi connectivity index (χ2n) is 5.21. The molecule has 0 bridgehead atoms. The average Bonchev–Trinajstić information content (AvgIpc) is 2.42. The summed E-state index contributed by atoms with van der Waals surface area (Å²) >= 11 is 0. The Bertz CT molecular complexity index is 363. The van der Waals surface area contributed by atoms with E-state index >= 15 is 0 Å². The molecule has 0 spiro atoms. The molecule has 0 unspecified atom stereocenters. The number of carbonyl (C=O) groups is 2. The summed E-state index contributed by atoms with van der Waals surface area (Å²) in [6.07, 6.45) is 5.86. The van der Waals surface area contributed by atoms with E-state index in [9.17, 15) is 9.59 Å². The third-order valence-electron chi connectivity index (χ3n) is 3.63. The smallest absolute Gasteiger partial charge is 0.330 e. The predicted molar refractivity (Wildman–Crippen MR) is 77.5 cm³/mol. The summed E-state index contributed by atoms with van der Waals surface area (Å²) in [4.78, 5) is 26.0. The van der Waals surface area contributed by atoms with Gasteiger partial charge in [0.25, 0.3) is 0 Å². The van der Waals surface area contributed by atoms with Crippen molar-refractivity contribution >= 4 is 12.0 Å². The molecule has 1 rings (SSSR count). The van der Waals surface area contributed by atoms with E-state index in [2.05, 4.69) is 4.90 Å². The number of carboxylic acid groups (broad SMARTS) is 1. The number of hydrogen-bond donors (Lipinski definition) is 2. The quantitative estimate of drug-likeness (QED) is 0.689. The monoisotopic (exact) mass is 283 g/mol. The van der Waals surface area contributed by atoms with E-state index in [1.54, 1.807) is 17.9 Å². The number of hydrogen-bond acceptors (Lipinski definition) is 3. The zero-order chi connectivity index (χ0) is 15.0. The lowest BCUT2D eigenvalue weighted by atomic mass is 10.1. The van der Waals surface area contributed by atoms with Crippen LogP contribution in [0.1, 0.15) is 32.6 Å². The number of carbonyl (C=O) groups excluding carboxylic acids is 1. The average molecular weight is 283 g/mol. The van der Waals surface area contributed by atoms with Crippen molar-refractivity contribution < 1.29 is 14.7 Å². The van der Waals surface area contributed by atoms with E-state index in [0.717, 1.165) is 19.6 Å². The van der Waals surface area contributed by atoms with Crippen molar-refractivity contribution in [1.82, 2.24) is 9.80 Å². The van der Waals surface area contributed by atoms with Gasteiger partial charge in [-0.1, -0.05) is 12.5 Å². The number of amides is 2. The molecule has 6 heteroatoms. The minimum absolute atomic E-state index is 0.297. The van der Waals surface area contributed by atoms with Crippen molar-refractivity contribution in [3.63, 3.8) is 0 Å². The third kappa shape index (κ3) is 6.06. The normalized spacial score (nSPS) is 16.9.